The molecule has 0 bridgehead atoms. The first-order chi connectivity index (χ1) is 17.6. The number of ether oxygens (including phenoxy) is 2. The Morgan fingerprint density at radius 3 is 2.16 bits per heavy atom. The van der Waals surface area contributed by atoms with Gasteiger partial charge >= 0.3 is 11.9 Å². The van der Waals surface area contributed by atoms with Gasteiger partial charge in [0.15, 0.2) is 5.78 Å². The van der Waals surface area contributed by atoms with Crippen molar-refractivity contribution in [3.05, 3.63) is 11.1 Å². The van der Waals surface area contributed by atoms with Crippen LogP contribution in [0.4, 0.5) is 0 Å². The van der Waals surface area contributed by atoms with Crippen LogP contribution in [0.3, 0.4) is 0 Å². The molecule has 0 aromatic carbocycles. The second kappa shape index (κ2) is 8.67. The summed E-state index contributed by atoms with van der Waals surface area (Å²) in [5.74, 6) is 1.22. The maximum Gasteiger partial charge on any atom is 0.316 e. The lowest BCUT2D eigenvalue weighted by molar-refractivity contribution is -0.233. The van der Waals surface area contributed by atoms with Gasteiger partial charge in [-0.25, -0.2) is 0 Å². The van der Waals surface area contributed by atoms with E-state index in [0.29, 0.717) is 24.7 Å². The first-order valence-corrected chi connectivity index (χ1v) is 15.1. The van der Waals surface area contributed by atoms with E-state index in [2.05, 4.69) is 48.5 Å². The molecule has 0 aromatic rings. The van der Waals surface area contributed by atoms with Crippen LogP contribution in [-0.4, -0.2) is 30.9 Å². The van der Waals surface area contributed by atoms with Gasteiger partial charge in [0.05, 0.1) is 12.5 Å². The van der Waals surface area contributed by atoms with E-state index in [1.165, 1.54) is 14.0 Å². The molecule has 5 aliphatic rings. The monoisotopic (exact) mass is 526 g/mol. The number of rotatable bonds is 3. The predicted molar refractivity (Wildman–Crippen MR) is 147 cm³/mol. The topological polar surface area (TPSA) is 69.7 Å². The average molecular weight is 527 g/mol. The molecular weight excluding hydrogens is 476 g/mol. The van der Waals surface area contributed by atoms with E-state index in [1.54, 1.807) is 0 Å². The molecule has 0 saturated heterocycles. The fourth-order valence-electron chi connectivity index (χ4n) is 11.4. The second-order valence-electron chi connectivity index (χ2n) is 15.2. The summed E-state index contributed by atoms with van der Waals surface area (Å²) >= 11 is 0. The minimum atomic E-state index is -0.760. The lowest BCUT2D eigenvalue weighted by Gasteiger charge is -2.72. The van der Waals surface area contributed by atoms with Crippen LogP contribution in [0, 0.1) is 50.7 Å². The Bertz CT molecular complexity index is 1080. The van der Waals surface area contributed by atoms with Crippen LogP contribution >= 0.6 is 0 Å². The molecule has 0 amide bonds. The summed E-state index contributed by atoms with van der Waals surface area (Å²) in [7, 11) is 1.48. The van der Waals surface area contributed by atoms with Crippen molar-refractivity contribution in [2.24, 2.45) is 50.7 Å². The fourth-order valence-corrected chi connectivity index (χ4v) is 11.4. The summed E-state index contributed by atoms with van der Waals surface area (Å²) in [6, 6.07) is 0. The highest BCUT2D eigenvalue weighted by atomic mass is 16.5. The van der Waals surface area contributed by atoms with E-state index in [1.807, 2.05) is 0 Å². The van der Waals surface area contributed by atoms with E-state index >= 15 is 0 Å². The Hall–Kier alpha value is -1.65. The molecule has 212 valence electrons. The maximum atomic E-state index is 13.5. The molecule has 4 fully saturated rings. The molecular formula is C33H50O5. The standard InChI is InChI=1S/C33H50O5/c1-19(2)26-22(35)18-33(28(36)37-9)17-16-31(7)21(27(26)33)10-11-24-30(6)14-13-25(38-20(3)34)29(4,5)23(30)12-15-32(24,31)8/h19,21,23-25H,10-18H2,1-9H3/t21?,23?,24?,25?,30?,31?,32?,33-/m1/s1. The highest BCUT2D eigenvalue weighted by molar-refractivity contribution is 6.05. The van der Waals surface area contributed by atoms with Gasteiger partial charge in [0.25, 0.3) is 0 Å². The van der Waals surface area contributed by atoms with Gasteiger partial charge < -0.3 is 9.47 Å². The Labute approximate surface area is 229 Å². The number of hydrogen-bond acceptors (Lipinski definition) is 5. The molecule has 5 rings (SSSR count). The minimum absolute atomic E-state index is 0.0204. The molecule has 5 heteroatoms. The maximum absolute atomic E-state index is 13.5. The molecule has 0 aromatic heterocycles. The number of ketones is 1. The largest absolute Gasteiger partial charge is 0.468 e. The molecule has 0 aliphatic heterocycles. The van der Waals surface area contributed by atoms with Gasteiger partial charge in [-0.3, -0.25) is 14.4 Å². The number of esters is 2. The van der Waals surface area contributed by atoms with E-state index in [4.69, 9.17) is 9.47 Å². The normalized spacial score (nSPS) is 45.6. The van der Waals surface area contributed by atoms with Crippen molar-refractivity contribution < 1.29 is 23.9 Å². The Balaban J connectivity index is 1.57. The van der Waals surface area contributed by atoms with Crippen LogP contribution in [0.15, 0.2) is 11.1 Å². The SMILES string of the molecule is COC(=O)[C@@]12CCC3(C)C(CCC4C5(C)CCC(OC(C)=O)C(C)(C)C5CCC43C)C1=C(C(C)C)C(=O)C2. The number of fused-ring (bicyclic) bond motifs is 7. The van der Waals surface area contributed by atoms with Gasteiger partial charge in [-0.1, -0.05) is 48.5 Å². The Kier molecular flexibility index (Phi) is 6.37. The first-order valence-electron chi connectivity index (χ1n) is 15.1. The molecule has 38 heavy (non-hydrogen) atoms. The summed E-state index contributed by atoms with van der Waals surface area (Å²) in [4.78, 5) is 38.8. The first kappa shape index (κ1) is 27.9. The van der Waals surface area contributed by atoms with Crippen LogP contribution in [0.5, 0.6) is 0 Å². The number of methoxy groups -OCH3 is 1. The zero-order valence-electron chi connectivity index (χ0n) is 25.3. The number of allylic oxidation sites excluding steroid dienone is 1. The van der Waals surface area contributed by atoms with Gasteiger partial charge in [-0.2, -0.15) is 0 Å². The van der Waals surface area contributed by atoms with E-state index in [9.17, 15) is 14.4 Å². The van der Waals surface area contributed by atoms with Gasteiger partial charge in [-0.05, 0) is 102 Å². The van der Waals surface area contributed by atoms with Crippen LogP contribution in [0.1, 0.15) is 113 Å². The smallest absolute Gasteiger partial charge is 0.316 e. The lowest BCUT2D eigenvalue weighted by atomic mass is 9.33. The third-order valence-corrected chi connectivity index (χ3v) is 13.3. The van der Waals surface area contributed by atoms with Crippen molar-refractivity contribution in [3.8, 4) is 0 Å². The molecule has 8 atom stereocenters. The van der Waals surface area contributed by atoms with Gasteiger partial charge in [-0.15, -0.1) is 0 Å². The second-order valence-corrected chi connectivity index (χ2v) is 15.2. The highest BCUT2D eigenvalue weighted by Crippen LogP contribution is 2.76. The highest BCUT2D eigenvalue weighted by Gasteiger charge is 2.71. The molecule has 5 aliphatic carbocycles. The van der Waals surface area contributed by atoms with Gasteiger partial charge in [0.1, 0.15) is 6.10 Å². The van der Waals surface area contributed by atoms with Crippen LogP contribution < -0.4 is 0 Å². The minimum Gasteiger partial charge on any atom is -0.468 e. The Morgan fingerprint density at radius 1 is 0.868 bits per heavy atom. The van der Waals surface area contributed by atoms with Crippen LogP contribution in [0.2, 0.25) is 0 Å². The van der Waals surface area contributed by atoms with Crippen molar-refractivity contribution in [1.29, 1.82) is 0 Å². The summed E-state index contributed by atoms with van der Waals surface area (Å²) in [6.07, 6.45) is 8.39. The van der Waals surface area contributed by atoms with Crippen molar-refractivity contribution in [2.75, 3.05) is 7.11 Å². The molecule has 0 radical (unpaired) electrons. The molecule has 5 nitrogen and oxygen atoms in total. The molecule has 0 heterocycles. The zero-order chi connectivity index (χ0) is 28.1. The van der Waals surface area contributed by atoms with Crippen molar-refractivity contribution in [1.82, 2.24) is 0 Å². The van der Waals surface area contributed by atoms with Crippen LogP contribution in [-0.2, 0) is 23.9 Å². The van der Waals surface area contributed by atoms with Gasteiger partial charge in [0.2, 0.25) is 0 Å². The molecule has 0 N–H and O–H groups in total. The van der Waals surface area contributed by atoms with E-state index in [-0.39, 0.29) is 57.3 Å². The predicted octanol–water partition coefficient (Wildman–Crippen LogP) is 7.07. The summed E-state index contributed by atoms with van der Waals surface area (Å²) in [6.45, 7) is 18.0. The molecule has 4 saturated carbocycles. The molecule has 7 unspecified atom stereocenters. The number of Topliss-reactive ketones (excluding diaryl/α,β-unsaturated/α-hetero) is 1. The number of carbonyl (C=O) groups is 3. The Morgan fingerprint density at radius 2 is 1.55 bits per heavy atom. The summed E-state index contributed by atoms with van der Waals surface area (Å²) in [5.41, 5.74) is 1.59. The van der Waals surface area contributed by atoms with Crippen molar-refractivity contribution in [2.45, 2.75) is 119 Å². The number of hydrogen-bond donors (Lipinski definition) is 0. The zero-order valence-corrected chi connectivity index (χ0v) is 25.3. The van der Waals surface area contributed by atoms with Crippen molar-refractivity contribution >= 4 is 17.7 Å². The van der Waals surface area contributed by atoms with E-state index in [0.717, 1.165) is 56.1 Å². The van der Waals surface area contributed by atoms with Crippen LogP contribution in [0.25, 0.3) is 0 Å². The quantitative estimate of drug-likeness (QED) is 0.368. The third kappa shape index (κ3) is 3.38. The average Bonchev–Trinajstić information content (AvgIpc) is 3.14. The van der Waals surface area contributed by atoms with E-state index < -0.39 is 5.41 Å². The number of carbonyl (C=O) groups excluding carboxylic acids is 3. The summed E-state index contributed by atoms with van der Waals surface area (Å²) in [5, 5.41) is 0. The lowest BCUT2D eigenvalue weighted by Crippen LogP contribution is -2.66. The van der Waals surface area contributed by atoms with Gasteiger partial charge in [0, 0.05) is 18.8 Å². The summed E-state index contributed by atoms with van der Waals surface area (Å²) < 4.78 is 11.3. The van der Waals surface area contributed by atoms with Crippen molar-refractivity contribution in [3.63, 3.8) is 0 Å². The fraction of sp³-hybridized carbons (Fsp3) is 0.848. The third-order valence-electron chi connectivity index (χ3n) is 13.3. The molecule has 0 spiro atoms.